The van der Waals surface area contributed by atoms with Crippen molar-refractivity contribution in [2.75, 3.05) is 14.2 Å². The second-order valence-electron chi connectivity index (χ2n) is 5.69. The van der Waals surface area contributed by atoms with E-state index in [4.69, 9.17) is 14.2 Å². The van der Waals surface area contributed by atoms with Gasteiger partial charge in [-0.1, -0.05) is 0 Å². The molecule has 0 spiro atoms. The van der Waals surface area contributed by atoms with Crippen LogP contribution in [-0.2, 0) is 14.2 Å². The number of ether oxygens (including phenoxy) is 3. The van der Waals surface area contributed by atoms with Gasteiger partial charge in [0.25, 0.3) is 0 Å². The molecule has 112 valence electrons. The number of rotatable bonds is 4. The second kappa shape index (κ2) is 6.99. The quantitative estimate of drug-likeness (QED) is 0.796. The topological polar surface area (TPSA) is 68.2 Å². The van der Waals surface area contributed by atoms with E-state index in [0.717, 1.165) is 25.7 Å². The van der Waals surface area contributed by atoms with Crippen LogP contribution in [0.25, 0.3) is 0 Å². The van der Waals surface area contributed by atoms with Crippen LogP contribution in [-0.4, -0.2) is 61.1 Å². The van der Waals surface area contributed by atoms with Gasteiger partial charge in [0.1, 0.15) is 0 Å². The number of hydrogen-bond donors (Lipinski definition) is 2. The van der Waals surface area contributed by atoms with Crippen LogP contribution in [0.15, 0.2) is 0 Å². The Balaban J connectivity index is 1.89. The molecule has 5 heteroatoms. The molecule has 19 heavy (non-hydrogen) atoms. The van der Waals surface area contributed by atoms with Crippen LogP contribution in [0.3, 0.4) is 0 Å². The number of aliphatic hydroxyl groups is 2. The summed E-state index contributed by atoms with van der Waals surface area (Å²) in [7, 11) is 3.28. The lowest BCUT2D eigenvalue weighted by atomic mass is 9.88. The van der Waals surface area contributed by atoms with E-state index < -0.39 is 6.10 Å². The Labute approximate surface area is 114 Å². The maximum Gasteiger partial charge on any atom is 0.0866 e. The molecule has 0 amide bonds. The highest BCUT2D eigenvalue weighted by Crippen LogP contribution is 2.30. The molecule has 2 rings (SSSR count). The standard InChI is InChI=1S/C14H26O5/c1-17-12-8-14(13(18-2)7-11(12)16)19-10-5-3-9(15)4-6-10/h9-16H,3-8H2,1-2H3. The lowest BCUT2D eigenvalue weighted by molar-refractivity contribution is -0.169. The third kappa shape index (κ3) is 3.89. The molecular formula is C14H26O5. The van der Waals surface area contributed by atoms with Crippen LogP contribution >= 0.6 is 0 Å². The highest BCUT2D eigenvalue weighted by atomic mass is 16.5. The Hall–Kier alpha value is -0.200. The van der Waals surface area contributed by atoms with Crippen LogP contribution < -0.4 is 0 Å². The van der Waals surface area contributed by atoms with Gasteiger partial charge >= 0.3 is 0 Å². The van der Waals surface area contributed by atoms with E-state index in [9.17, 15) is 10.2 Å². The molecule has 0 aromatic rings. The third-order valence-corrected chi connectivity index (χ3v) is 4.40. The molecule has 2 aliphatic carbocycles. The zero-order valence-electron chi connectivity index (χ0n) is 11.8. The molecule has 2 N–H and O–H groups in total. The summed E-state index contributed by atoms with van der Waals surface area (Å²) in [4.78, 5) is 0. The van der Waals surface area contributed by atoms with Gasteiger partial charge in [-0.25, -0.2) is 0 Å². The molecule has 5 nitrogen and oxygen atoms in total. The Bertz CT molecular complexity index is 265. The van der Waals surface area contributed by atoms with Gasteiger partial charge in [0.05, 0.1) is 36.6 Å². The Morgan fingerprint density at radius 1 is 0.789 bits per heavy atom. The molecule has 0 aromatic heterocycles. The summed E-state index contributed by atoms with van der Waals surface area (Å²) < 4.78 is 16.9. The number of aliphatic hydroxyl groups excluding tert-OH is 2. The van der Waals surface area contributed by atoms with Crippen molar-refractivity contribution in [3.05, 3.63) is 0 Å². The Morgan fingerprint density at radius 2 is 1.42 bits per heavy atom. The third-order valence-electron chi connectivity index (χ3n) is 4.40. The predicted molar refractivity (Wildman–Crippen MR) is 70.0 cm³/mol. The van der Waals surface area contributed by atoms with E-state index in [1.807, 2.05) is 0 Å². The van der Waals surface area contributed by atoms with Crippen molar-refractivity contribution in [3.8, 4) is 0 Å². The Kier molecular flexibility index (Phi) is 5.59. The molecule has 4 atom stereocenters. The first-order valence-corrected chi connectivity index (χ1v) is 7.21. The van der Waals surface area contributed by atoms with E-state index in [0.29, 0.717) is 12.8 Å². The predicted octanol–water partition coefficient (Wildman–Crippen LogP) is 0.860. The van der Waals surface area contributed by atoms with Crippen molar-refractivity contribution < 1.29 is 24.4 Å². The van der Waals surface area contributed by atoms with Gasteiger partial charge < -0.3 is 24.4 Å². The first-order valence-electron chi connectivity index (χ1n) is 7.21. The molecular weight excluding hydrogens is 248 g/mol. The van der Waals surface area contributed by atoms with Gasteiger partial charge in [0.15, 0.2) is 0 Å². The van der Waals surface area contributed by atoms with Gasteiger partial charge in [0, 0.05) is 27.1 Å². The van der Waals surface area contributed by atoms with Gasteiger partial charge in [-0.15, -0.1) is 0 Å². The van der Waals surface area contributed by atoms with Crippen LogP contribution in [0.1, 0.15) is 38.5 Å². The smallest absolute Gasteiger partial charge is 0.0866 e. The molecule has 0 heterocycles. The molecule has 2 fully saturated rings. The molecule has 2 aliphatic rings. The van der Waals surface area contributed by atoms with Gasteiger partial charge in [-0.05, 0) is 25.7 Å². The second-order valence-corrected chi connectivity index (χ2v) is 5.69. The zero-order chi connectivity index (χ0) is 13.8. The monoisotopic (exact) mass is 274 g/mol. The summed E-state index contributed by atoms with van der Waals surface area (Å²) in [5, 5.41) is 19.4. The van der Waals surface area contributed by atoms with Crippen LogP contribution in [0.2, 0.25) is 0 Å². The Morgan fingerprint density at radius 3 is 2.00 bits per heavy atom. The van der Waals surface area contributed by atoms with E-state index >= 15 is 0 Å². The number of methoxy groups -OCH3 is 2. The zero-order valence-corrected chi connectivity index (χ0v) is 11.8. The molecule has 0 saturated heterocycles. The van der Waals surface area contributed by atoms with E-state index in [2.05, 4.69) is 0 Å². The van der Waals surface area contributed by atoms with E-state index in [1.165, 1.54) is 0 Å². The van der Waals surface area contributed by atoms with Crippen molar-refractivity contribution in [1.82, 2.24) is 0 Å². The van der Waals surface area contributed by atoms with E-state index in [-0.39, 0.29) is 30.5 Å². The molecule has 2 saturated carbocycles. The van der Waals surface area contributed by atoms with Crippen molar-refractivity contribution in [1.29, 1.82) is 0 Å². The van der Waals surface area contributed by atoms with Crippen molar-refractivity contribution in [2.45, 2.75) is 75.1 Å². The summed E-state index contributed by atoms with van der Waals surface area (Å²) in [6, 6.07) is 0. The average molecular weight is 274 g/mol. The minimum atomic E-state index is -0.483. The summed E-state index contributed by atoms with van der Waals surface area (Å²) in [6.07, 6.45) is 3.89. The summed E-state index contributed by atoms with van der Waals surface area (Å²) >= 11 is 0. The highest BCUT2D eigenvalue weighted by Gasteiger charge is 2.38. The molecule has 0 bridgehead atoms. The number of hydrogen-bond acceptors (Lipinski definition) is 5. The normalized spacial score (nSPS) is 44.2. The molecule has 0 aromatic carbocycles. The van der Waals surface area contributed by atoms with Crippen molar-refractivity contribution in [2.24, 2.45) is 0 Å². The lowest BCUT2D eigenvalue weighted by Gasteiger charge is -2.40. The lowest BCUT2D eigenvalue weighted by Crippen LogP contribution is -2.49. The average Bonchev–Trinajstić information content (AvgIpc) is 2.42. The molecule has 0 aliphatic heterocycles. The maximum absolute atomic E-state index is 9.94. The van der Waals surface area contributed by atoms with E-state index in [1.54, 1.807) is 14.2 Å². The van der Waals surface area contributed by atoms with Gasteiger partial charge in [0.2, 0.25) is 0 Å². The minimum absolute atomic E-state index is 0.0291. The maximum atomic E-state index is 9.94. The fourth-order valence-electron chi connectivity index (χ4n) is 3.15. The summed E-state index contributed by atoms with van der Waals surface area (Å²) in [5.74, 6) is 0. The first-order chi connectivity index (χ1) is 9.13. The van der Waals surface area contributed by atoms with Crippen LogP contribution in [0.4, 0.5) is 0 Å². The fraction of sp³-hybridized carbons (Fsp3) is 1.00. The van der Waals surface area contributed by atoms with Crippen molar-refractivity contribution >= 4 is 0 Å². The fourth-order valence-corrected chi connectivity index (χ4v) is 3.15. The first kappa shape index (κ1) is 15.2. The largest absolute Gasteiger partial charge is 0.393 e. The minimum Gasteiger partial charge on any atom is -0.393 e. The SMILES string of the molecule is COC1CC(OC2CCC(O)CC2)C(OC)CC1O. The van der Waals surface area contributed by atoms with Gasteiger partial charge in [-0.3, -0.25) is 0 Å². The van der Waals surface area contributed by atoms with Crippen LogP contribution in [0, 0.1) is 0 Å². The highest BCUT2D eigenvalue weighted by molar-refractivity contribution is 4.89. The molecule has 0 radical (unpaired) electrons. The molecule has 4 unspecified atom stereocenters. The van der Waals surface area contributed by atoms with Crippen molar-refractivity contribution in [3.63, 3.8) is 0 Å². The van der Waals surface area contributed by atoms with Gasteiger partial charge in [-0.2, -0.15) is 0 Å². The van der Waals surface area contributed by atoms with Crippen LogP contribution in [0.5, 0.6) is 0 Å². The summed E-state index contributed by atoms with van der Waals surface area (Å²) in [5.41, 5.74) is 0. The summed E-state index contributed by atoms with van der Waals surface area (Å²) in [6.45, 7) is 0.